The van der Waals surface area contributed by atoms with Gasteiger partial charge in [-0.05, 0) is 51.6 Å². The van der Waals surface area contributed by atoms with Gasteiger partial charge in [0.2, 0.25) is 11.2 Å². The van der Waals surface area contributed by atoms with Gasteiger partial charge in [0.1, 0.15) is 11.9 Å². The molecule has 0 radical (unpaired) electrons. The summed E-state index contributed by atoms with van der Waals surface area (Å²) in [4.78, 5) is 28.8. The molecule has 26 heavy (non-hydrogen) atoms. The topological polar surface area (TPSA) is 83.5 Å². The fraction of sp³-hybridized carbons (Fsp3) is 0.765. The highest BCUT2D eigenvalue weighted by molar-refractivity contribution is 6.28. The van der Waals surface area contributed by atoms with Crippen LogP contribution in [-0.2, 0) is 4.74 Å². The summed E-state index contributed by atoms with van der Waals surface area (Å²) in [6.45, 7) is 9.30. The van der Waals surface area contributed by atoms with E-state index in [2.05, 4.69) is 30.1 Å². The minimum absolute atomic E-state index is 0.158. The number of aromatic nitrogens is 3. The van der Waals surface area contributed by atoms with Crippen molar-refractivity contribution >= 4 is 23.6 Å². The average molecular weight is 383 g/mol. The van der Waals surface area contributed by atoms with Gasteiger partial charge in [0, 0.05) is 38.3 Å². The Bertz CT molecular complexity index is 630. The summed E-state index contributed by atoms with van der Waals surface area (Å²) in [6.07, 6.45) is 4.17. The summed E-state index contributed by atoms with van der Waals surface area (Å²) in [5.41, 5.74) is -0.465. The first kappa shape index (κ1) is 19.1. The van der Waals surface area contributed by atoms with E-state index in [0.29, 0.717) is 12.0 Å². The van der Waals surface area contributed by atoms with Crippen LogP contribution in [0, 0.1) is 0 Å². The van der Waals surface area contributed by atoms with Crippen molar-refractivity contribution in [3.63, 3.8) is 0 Å². The first-order chi connectivity index (χ1) is 12.3. The number of carbonyl (C=O) groups excluding carboxylic acids is 1. The molecule has 8 nitrogen and oxygen atoms in total. The van der Waals surface area contributed by atoms with Crippen LogP contribution in [0.5, 0.6) is 0 Å². The molecule has 2 saturated heterocycles. The van der Waals surface area contributed by atoms with E-state index in [1.807, 2.05) is 20.8 Å². The van der Waals surface area contributed by atoms with Crippen molar-refractivity contribution in [2.45, 2.75) is 57.7 Å². The Labute approximate surface area is 159 Å². The molecular weight excluding hydrogens is 356 g/mol. The maximum Gasteiger partial charge on any atom is 0.407 e. The van der Waals surface area contributed by atoms with Crippen LogP contribution in [0.15, 0.2) is 6.33 Å². The summed E-state index contributed by atoms with van der Waals surface area (Å²) in [6, 6.07) is 0.680. The van der Waals surface area contributed by atoms with E-state index in [1.165, 1.54) is 6.33 Å². The normalized spacial score (nSPS) is 22.5. The molecule has 9 heteroatoms. The predicted octanol–water partition coefficient (Wildman–Crippen LogP) is 2.09. The third kappa shape index (κ3) is 5.17. The quantitative estimate of drug-likeness (QED) is 0.856. The van der Waals surface area contributed by atoms with Gasteiger partial charge in [0.05, 0.1) is 0 Å². The van der Waals surface area contributed by atoms with E-state index in [9.17, 15) is 4.79 Å². The Morgan fingerprint density at radius 3 is 2.62 bits per heavy atom. The van der Waals surface area contributed by atoms with Crippen LogP contribution in [-0.4, -0.2) is 69.8 Å². The smallest absolute Gasteiger partial charge is 0.407 e. The van der Waals surface area contributed by atoms with E-state index < -0.39 is 5.60 Å². The lowest BCUT2D eigenvalue weighted by Gasteiger charge is -2.36. The Balaban J connectivity index is 1.45. The second-order valence-corrected chi connectivity index (χ2v) is 8.24. The minimum atomic E-state index is -0.465. The molecule has 0 aromatic carbocycles. The van der Waals surface area contributed by atoms with Gasteiger partial charge in [-0.2, -0.15) is 4.98 Å². The SMILES string of the molecule is CC(C)(C)OC(=O)NC1CCN(C2CCN(c3ncnc(Cl)n3)CC2)C1. The molecule has 1 amide bonds. The van der Waals surface area contributed by atoms with Gasteiger partial charge < -0.3 is 15.0 Å². The third-order valence-electron chi connectivity index (χ3n) is 4.73. The number of nitrogens with one attached hydrogen (secondary N) is 1. The fourth-order valence-electron chi connectivity index (χ4n) is 3.56. The molecule has 2 aliphatic rings. The van der Waals surface area contributed by atoms with Gasteiger partial charge in [-0.15, -0.1) is 0 Å². The molecule has 3 heterocycles. The minimum Gasteiger partial charge on any atom is -0.444 e. The van der Waals surface area contributed by atoms with Crippen molar-refractivity contribution in [1.82, 2.24) is 25.2 Å². The van der Waals surface area contributed by atoms with Crippen LogP contribution in [0.2, 0.25) is 5.28 Å². The molecule has 1 unspecified atom stereocenters. The lowest BCUT2D eigenvalue weighted by molar-refractivity contribution is 0.0504. The lowest BCUT2D eigenvalue weighted by atomic mass is 10.0. The zero-order valence-corrected chi connectivity index (χ0v) is 16.4. The molecule has 1 N–H and O–H groups in total. The molecule has 0 spiro atoms. The summed E-state index contributed by atoms with van der Waals surface area (Å²) in [5.74, 6) is 0.648. The number of alkyl carbamates (subject to hydrolysis) is 1. The molecule has 2 aliphatic heterocycles. The van der Waals surface area contributed by atoms with E-state index >= 15 is 0 Å². The first-order valence-electron chi connectivity index (χ1n) is 9.13. The van der Waals surface area contributed by atoms with Crippen molar-refractivity contribution in [3.05, 3.63) is 11.6 Å². The Hall–Kier alpha value is -1.67. The molecule has 0 saturated carbocycles. The van der Waals surface area contributed by atoms with E-state index in [-0.39, 0.29) is 17.4 Å². The van der Waals surface area contributed by atoms with Crippen LogP contribution >= 0.6 is 11.6 Å². The molecule has 144 valence electrons. The molecule has 3 rings (SSSR count). The number of likely N-dealkylation sites (tertiary alicyclic amines) is 1. The highest BCUT2D eigenvalue weighted by Gasteiger charge is 2.32. The van der Waals surface area contributed by atoms with Gasteiger partial charge in [-0.3, -0.25) is 4.90 Å². The molecular formula is C17H27ClN6O2. The van der Waals surface area contributed by atoms with Crippen LogP contribution in [0.4, 0.5) is 10.7 Å². The zero-order valence-electron chi connectivity index (χ0n) is 15.6. The average Bonchev–Trinajstić information content (AvgIpc) is 3.01. The van der Waals surface area contributed by atoms with Crippen LogP contribution in [0.3, 0.4) is 0 Å². The highest BCUT2D eigenvalue weighted by atomic mass is 35.5. The van der Waals surface area contributed by atoms with Crippen molar-refractivity contribution in [2.75, 3.05) is 31.1 Å². The van der Waals surface area contributed by atoms with Crippen molar-refractivity contribution in [1.29, 1.82) is 0 Å². The van der Waals surface area contributed by atoms with Gasteiger partial charge in [-0.1, -0.05) is 0 Å². The predicted molar refractivity (Wildman–Crippen MR) is 99.4 cm³/mol. The van der Waals surface area contributed by atoms with Gasteiger partial charge in [-0.25, -0.2) is 14.8 Å². The number of hydrogen-bond donors (Lipinski definition) is 1. The Kier molecular flexibility index (Phi) is 5.82. The zero-order chi connectivity index (χ0) is 18.7. The van der Waals surface area contributed by atoms with Gasteiger partial charge in [0.15, 0.2) is 0 Å². The van der Waals surface area contributed by atoms with Gasteiger partial charge in [0.25, 0.3) is 0 Å². The molecule has 1 atom stereocenters. The van der Waals surface area contributed by atoms with Crippen LogP contribution < -0.4 is 10.2 Å². The van der Waals surface area contributed by atoms with Gasteiger partial charge >= 0.3 is 6.09 Å². The lowest BCUT2D eigenvalue weighted by Crippen LogP contribution is -2.46. The molecule has 1 aromatic rings. The highest BCUT2D eigenvalue weighted by Crippen LogP contribution is 2.23. The Morgan fingerprint density at radius 1 is 1.23 bits per heavy atom. The molecule has 2 fully saturated rings. The van der Waals surface area contributed by atoms with Crippen molar-refractivity contribution < 1.29 is 9.53 Å². The summed E-state index contributed by atoms with van der Waals surface area (Å²) in [7, 11) is 0. The second-order valence-electron chi connectivity index (χ2n) is 7.90. The molecule has 0 aliphatic carbocycles. The summed E-state index contributed by atoms with van der Waals surface area (Å²) in [5, 5.41) is 3.22. The Morgan fingerprint density at radius 2 is 1.96 bits per heavy atom. The number of anilines is 1. The first-order valence-corrected chi connectivity index (χ1v) is 9.51. The standard InChI is InChI=1S/C17H27ClN6O2/c1-17(2,3)26-16(25)21-12-4-7-24(10-12)13-5-8-23(9-6-13)15-20-11-19-14(18)22-15/h11-13H,4-10H2,1-3H3,(H,21,25). The van der Waals surface area contributed by atoms with Crippen LogP contribution in [0.25, 0.3) is 0 Å². The van der Waals surface area contributed by atoms with E-state index in [4.69, 9.17) is 16.3 Å². The number of rotatable bonds is 3. The fourth-order valence-corrected chi connectivity index (χ4v) is 3.68. The van der Waals surface area contributed by atoms with Crippen molar-refractivity contribution in [2.24, 2.45) is 0 Å². The monoisotopic (exact) mass is 382 g/mol. The van der Waals surface area contributed by atoms with Crippen molar-refractivity contribution in [3.8, 4) is 0 Å². The number of piperidine rings is 1. The number of ether oxygens (including phenoxy) is 1. The number of nitrogens with zero attached hydrogens (tertiary/aromatic N) is 5. The number of carbonyl (C=O) groups is 1. The van der Waals surface area contributed by atoms with E-state index in [1.54, 1.807) is 0 Å². The summed E-state index contributed by atoms with van der Waals surface area (Å²) >= 11 is 5.85. The third-order valence-corrected chi connectivity index (χ3v) is 4.92. The molecule has 1 aromatic heterocycles. The number of halogens is 1. The number of amides is 1. The maximum atomic E-state index is 11.9. The summed E-state index contributed by atoms with van der Waals surface area (Å²) < 4.78 is 5.35. The van der Waals surface area contributed by atoms with Crippen LogP contribution in [0.1, 0.15) is 40.0 Å². The maximum absolute atomic E-state index is 11.9. The largest absolute Gasteiger partial charge is 0.444 e. The number of hydrogen-bond acceptors (Lipinski definition) is 7. The van der Waals surface area contributed by atoms with E-state index in [0.717, 1.165) is 45.4 Å². The second kappa shape index (κ2) is 7.92. The molecule has 0 bridgehead atoms.